The molecule has 0 unspecified atom stereocenters. The molecule has 0 bridgehead atoms. The van der Waals surface area contributed by atoms with Crippen molar-refractivity contribution in [2.75, 3.05) is 45.5 Å². The van der Waals surface area contributed by atoms with Crippen LogP contribution < -0.4 is 16.0 Å². The van der Waals surface area contributed by atoms with Crippen LogP contribution in [0.2, 0.25) is 0 Å². The van der Waals surface area contributed by atoms with E-state index in [0.29, 0.717) is 12.6 Å². The Hall–Kier alpha value is -0.950. The first-order chi connectivity index (χ1) is 11.9. The molecule has 146 valence electrons. The first-order valence-corrected chi connectivity index (χ1v) is 10.7. The third-order valence-corrected chi connectivity index (χ3v) is 5.62. The van der Waals surface area contributed by atoms with Gasteiger partial charge in [-0.1, -0.05) is 6.92 Å². The van der Waals surface area contributed by atoms with E-state index in [1.54, 1.807) is 0 Å². The summed E-state index contributed by atoms with van der Waals surface area (Å²) in [5.74, 6) is 1.05. The molecule has 0 spiro atoms. The molecule has 0 radical (unpaired) electrons. The van der Waals surface area contributed by atoms with E-state index in [1.807, 2.05) is 11.8 Å². The van der Waals surface area contributed by atoms with Crippen molar-refractivity contribution in [3.8, 4) is 0 Å². The standard InChI is InChI=1S/C18H37N5OS/c1-6-10-20-16(24)13-23-11-8-15(9-12-23)22-17(19-7-2)21-14-18(3,4)25-5/h15H,6-14H2,1-5H3,(H,20,24)(H2,19,21,22). The fourth-order valence-corrected chi connectivity index (χ4v) is 2.80. The van der Waals surface area contributed by atoms with Crippen molar-refractivity contribution in [3.05, 3.63) is 0 Å². The SMILES string of the molecule is CCCNC(=O)CN1CCC(NC(=NCC(C)(C)SC)NCC)CC1. The molecule has 0 aromatic carbocycles. The lowest BCUT2D eigenvalue weighted by Gasteiger charge is -2.32. The number of hydrogen-bond donors (Lipinski definition) is 3. The van der Waals surface area contributed by atoms with Gasteiger partial charge in [0.1, 0.15) is 0 Å². The highest BCUT2D eigenvalue weighted by Crippen LogP contribution is 2.21. The number of piperidine rings is 1. The highest BCUT2D eigenvalue weighted by Gasteiger charge is 2.22. The second kappa shape index (κ2) is 11.6. The van der Waals surface area contributed by atoms with Crippen LogP contribution in [0.5, 0.6) is 0 Å². The van der Waals surface area contributed by atoms with Crippen molar-refractivity contribution in [2.24, 2.45) is 4.99 Å². The summed E-state index contributed by atoms with van der Waals surface area (Å²) in [6, 6.07) is 0.421. The molecule has 0 aromatic rings. The molecule has 1 fully saturated rings. The van der Waals surface area contributed by atoms with Crippen LogP contribution in [0.25, 0.3) is 0 Å². The summed E-state index contributed by atoms with van der Waals surface area (Å²) < 4.78 is 0.150. The van der Waals surface area contributed by atoms with Crippen LogP contribution in [0.4, 0.5) is 0 Å². The summed E-state index contributed by atoms with van der Waals surface area (Å²) in [6.45, 7) is 13.4. The Morgan fingerprint density at radius 2 is 1.92 bits per heavy atom. The molecule has 1 amide bonds. The molecule has 0 saturated carbocycles. The molecule has 0 aromatic heterocycles. The molecule has 0 atom stereocenters. The zero-order chi connectivity index (χ0) is 18.7. The maximum absolute atomic E-state index is 11.8. The van der Waals surface area contributed by atoms with Gasteiger partial charge >= 0.3 is 0 Å². The van der Waals surface area contributed by atoms with E-state index in [-0.39, 0.29) is 10.7 Å². The van der Waals surface area contributed by atoms with E-state index >= 15 is 0 Å². The number of amides is 1. The lowest BCUT2D eigenvalue weighted by atomic mass is 10.1. The lowest BCUT2D eigenvalue weighted by molar-refractivity contribution is -0.122. The highest BCUT2D eigenvalue weighted by molar-refractivity contribution is 7.99. The van der Waals surface area contributed by atoms with Crippen molar-refractivity contribution in [3.63, 3.8) is 0 Å². The number of carbonyl (C=O) groups excluding carboxylic acids is 1. The second-order valence-electron chi connectivity index (χ2n) is 7.20. The molecule has 1 aliphatic heterocycles. The van der Waals surface area contributed by atoms with Crippen LogP contribution in [0.1, 0.15) is 47.0 Å². The van der Waals surface area contributed by atoms with Gasteiger partial charge in [-0.2, -0.15) is 11.8 Å². The van der Waals surface area contributed by atoms with Crippen molar-refractivity contribution in [2.45, 2.75) is 57.7 Å². The molecule has 1 rings (SSSR count). The Bertz CT molecular complexity index is 420. The molecule has 0 aliphatic carbocycles. The predicted molar refractivity (Wildman–Crippen MR) is 109 cm³/mol. The molecular weight excluding hydrogens is 334 g/mol. The molecule has 3 N–H and O–H groups in total. The number of nitrogens with zero attached hydrogens (tertiary/aromatic N) is 2. The summed E-state index contributed by atoms with van der Waals surface area (Å²) in [6.07, 6.45) is 5.19. The van der Waals surface area contributed by atoms with Crippen molar-refractivity contribution >= 4 is 23.6 Å². The number of hydrogen-bond acceptors (Lipinski definition) is 4. The monoisotopic (exact) mass is 371 g/mol. The van der Waals surface area contributed by atoms with Gasteiger partial charge in [0.2, 0.25) is 5.91 Å². The fraction of sp³-hybridized carbons (Fsp3) is 0.889. The summed E-state index contributed by atoms with van der Waals surface area (Å²) in [5.41, 5.74) is 0. The zero-order valence-electron chi connectivity index (χ0n) is 16.7. The first kappa shape index (κ1) is 22.1. The number of aliphatic imine (C=N–C) groups is 1. The Balaban J connectivity index is 2.41. The molecule has 1 aliphatic rings. The van der Waals surface area contributed by atoms with E-state index in [9.17, 15) is 4.79 Å². The second-order valence-corrected chi connectivity index (χ2v) is 8.72. The minimum Gasteiger partial charge on any atom is -0.357 e. The topological polar surface area (TPSA) is 68.8 Å². The molecule has 6 nitrogen and oxygen atoms in total. The van der Waals surface area contributed by atoms with Gasteiger partial charge in [-0.05, 0) is 46.3 Å². The number of guanidine groups is 1. The lowest BCUT2D eigenvalue weighted by Crippen LogP contribution is -2.50. The van der Waals surface area contributed by atoms with Gasteiger partial charge in [-0.15, -0.1) is 0 Å². The van der Waals surface area contributed by atoms with Gasteiger partial charge in [0.25, 0.3) is 0 Å². The van der Waals surface area contributed by atoms with Crippen LogP contribution in [0.3, 0.4) is 0 Å². The maximum Gasteiger partial charge on any atom is 0.234 e. The third kappa shape index (κ3) is 9.35. The van der Waals surface area contributed by atoms with Gasteiger partial charge < -0.3 is 16.0 Å². The zero-order valence-corrected chi connectivity index (χ0v) is 17.5. The van der Waals surface area contributed by atoms with E-state index in [1.165, 1.54) is 0 Å². The van der Waals surface area contributed by atoms with Crippen LogP contribution in [-0.2, 0) is 4.79 Å². The van der Waals surface area contributed by atoms with Gasteiger partial charge in [0.05, 0.1) is 13.1 Å². The minimum atomic E-state index is 0.141. The van der Waals surface area contributed by atoms with Crippen molar-refractivity contribution in [1.82, 2.24) is 20.9 Å². The minimum absolute atomic E-state index is 0.141. The Morgan fingerprint density at radius 3 is 2.48 bits per heavy atom. The van der Waals surface area contributed by atoms with Crippen LogP contribution >= 0.6 is 11.8 Å². The summed E-state index contributed by atoms with van der Waals surface area (Å²) >= 11 is 1.84. The number of rotatable bonds is 9. The molecular formula is C18H37N5OS. The molecule has 1 saturated heterocycles. The van der Waals surface area contributed by atoms with Crippen molar-refractivity contribution in [1.29, 1.82) is 0 Å². The molecule has 7 heteroatoms. The summed E-state index contributed by atoms with van der Waals surface area (Å²) in [7, 11) is 0. The molecule has 25 heavy (non-hydrogen) atoms. The van der Waals surface area contributed by atoms with E-state index < -0.39 is 0 Å². The number of thioether (sulfide) groups is 1. The highest BCUT2D eigenvalue weighted by atomic mass is 32.2. The average molecular weight is 372 g/mol. The first-order valence-electron chi connectivity index (χ1n) is 9.49. The summed E-state index contributed by atoms with van der Waals surface area (Å²) in [5, 5.41) is 9.86. The largest absolute Gasteiger partial charge is 0.357 e. The average Bonchev–Trinajstić information content (AvgIpc) is 2.60. The van der Waals surface area contributed by atoms with Crippen LogP contribution in [-0.4, -0.2) is 73.1 Å². The van der Waals surface area contributed by atoms with Gasteiger partial charge in [-0.3, -0.25) is 14.7 Å². The Morgan fingerprint density at radius 1 is 1.24 bits per heavy atom. The smallest absolute Gasteiger partial charge is 0.234 e. The Labute approximate surface area is 158 Å². The fourth-order valence-electron chi connectivity index (χ4n) is 2.61. The molecule has 1 heterocycles. The van der Waals surface area contributed by atoms with Gasteiger partial charge in [-0.25, -0.2) is 0 Å². The van der Waals surface area contributed by atoms with Gasteiger partial charge in [0.15, 0.2) is 5.96 Å². The van der Waals surface area contributed by atoms with E-state index in [2.05, 4.69) is 54.8 Å². The number of carbonyl (C=O) groups is 1. The predicted octanol–water partition coefficient (Wildman–Crippen LogP) is 1.67. The maximum atomic E-state index is 11.8. The van der Waals surface area contributed by atoms with Crippen LogP contribution in [0, 0.1) is 0 Å². The summed E-state index contributed by atoms with van der Waals surface area (Å²) in [4.78, 5) is 18.8. The Kier molecular flexibility index (Phi) is 10.3. The number of nitrogens with one attached hydrogen (secondary N) is 3. The van der Waals surface area contributed by atoms with Gasteiger partial charge in [0, 0.05) is 37.0 Å². The third-order valence-electron chi connectivity index (χ3n) is 4.38. The number of likely N-dealkylation sites (tertiary alicyclic amines) is 1. The van der Waals surface area contributed by atoms with E-state index in [0.717, 1.165) is 57.9 Å². The normalized spacial score (nSPS) is 17.4. The van der Waals surface area contributed by atoms with Crippen molar-refractivity contribution < 1.29 is 4.79 Å². The van der Waals surface area contributed by atoms with E-state index in [4.69, 9.17) is 4.99 Å². The quantitative estimate of drug-likeness (QED) is 0.425. The van der Waals surface area contributed by atoms with Crippen LogP contribution in [0.15, 0.2) is 4.99 Å².